The van der Waals surface area contributed by atoms with Crippen LogP contribution in [0.5, 0.6) is 0 Å². The number of carbonyl (C=O) groups excluding carboxylic acids is 1. The molecule has 2 atom stereocenters. The van der Waals surface area contributed by atoms with E-state index in [1.165, 1.54) is 5.01 Å². The highest BCUT2D eigenvalue weighted by atomic mass is 32.1. The Labute approximate surface area is 123 Å². The van der Waals surface area contributed by atoms with Crippen molar-refractivity contribution in [2.45, 2.75) is 51.2 Å². The standard InChI is InChI=1S/C14H23N3O2S/c1-10-9-20-13(17-10)4-2-3-7-16-14(18)12-6-5-11(8-15)19-12/h9,11-12H,2-8,15H2,1H3,(H,16,18)/t11-,12+/m1/s1. The third-order valence-electron chi connectivity index (χ3n) is 3.45. The van der Waals surface area contributed by atoms with E-state index in [4.69, 9.17) is 10.5 Å². The molecule has 3 N–H and O–H groups in total. The van der Waals surface area contributed by atoms with Gasteiger partial charge in [-0.3, -0.25) is 4.79 Å². The first-order valence-electron chi connectivity index (χ1n) is 7.23. The van der Waals surface area contributed by atoms with Crippen LogP contribution >= 0.6 is 11.3 Å². The lowest BCUT2D eigenvalue weighted by Crippen LogP contribution is -2.36. The summed E-state index contributed by atoms with van der Waals surface area (Å²) in [6.45, 7) is 3.21. The van der Waals surface area contributed by atoms with E-state index in [1.54, 1.807) is 11.3 Å². The van der Waals surface area contributed by atoms with Gasteiger partial charge in [0.2, 0.25) is 5.91 Å². The summed E-state index contributed by atoms with van der Waals surface area (Å²) in [4.78, 5) is 16.3. The van der Waals surface area contributed by atoms with Crippen molar-refractivity contribution in [3.63, 3.8) is 0 Å². The molecule has 0 aromatic carbocycles. The van der Waals surface area contributed by atoms with Gasteiger partial charge < -0.3 is 15.8 Å². The van der Waals surface area contributed by atoms with Gasteiger partial charge in [0, 0.05) is 24.2 Å². The molecule has 6 heteroatoms. The molecule has 2 rings (SSSR count). The Hall–Kier alpha value is -0.980. The minimum Gasteiger partial charge on any atom is -0.364 e. The lowest BCUT2D eigenvalue weighted by molar-refractivity contribution is -0.131. The number of ether oxygens (including phenoxy) is 1. The van der Waals surface area contributed by atoms with E-state index in [0.717, 1.165) is 37.8 Å². The van der Waals surface area contributed by atoms with Crippen LogP contribution in [0.4, 0.5) is 0 Å². The normalized spacial score (nSPS) is 22.1. The first kappa shape index (κ1) is 15.4. The Morgan fingerprint density at radius 2 is 2.40 bits per heavy atom. The van der Waals surface area contributed by atoms with Gasteiger partial charge in [-0.05, 0) is 39.0 Å². The van der Waals surface area contributed by atoms with Crippen molar-refractivity contribution in [3.8, 4) is 0 Å². The smallest absolute Gasteiger partial charge is 0.249 e. The fraction of sp³-hybridized carbons (Fsp3) is 0.714. The average molecular weight is 297 g/mol. The van der Waals surface area contributed by atoms with E-state index in [1.807, 2.05) is 6.92 Å². The summed E-state index contributed by atoms with van der Waals surface area (Å²) < 4.78 is 5.56. The van der Waals surface area contributed by atoms with E-state index >= 15 is 0 Å². The molecule has 0 bridgehead atoms. The quantitative estimate of drug-likeness (QED) is 0.746. The van der Waals surface area contributed by atoms with Crippen molar-refractivity contribution in [1.29, 1.82) is 0 Å². The number of amides is 1. The molecule has 1 aromatic rings. The number of aryl methyl sites for hydroxylation is 2. The van der Waals surface area contributed by atoms with E-state index in [2.05, 4.69) is 15.7 Å². The van der Waals surface area contributed by atoms with Gasteiger partial charge in [-0.2, -0.15) is 0 Å². The van der Waals surface area contributed by atoms with Crippen LogP contribution in [0.3, 0.4) is 0 Å². The van der Waals surface area contributed by atoms with Crippen molar-refractivity contribution in [1.82, 2.24) is 10.3 Å². The van der Waals surface area contributed by atoms with Gasteiger partial charge in [-0.15, -0.1) is 11.3 Å². The molecular formula is C14H23N3O2S. The average Bonchev–Trinajstić information content (AvgIpc) is 3.07. The van der Waals surface area contributed by atoms with Gasteiger partial charge in [-0.25, -0.2) is 4.98 Å². The molecule has 0 aliphatic carbocycles. The largest absolute Gasteiger partial charge is 0.364 e. The second kappa shape index (κ2) is 7.71. The summed E-state index contributed by atoms with van der Waals surface area (Å²) in [7, 11) is 0. The Morgan fingerprint density at radius 3 is 3.05 bits per heavy atom. The maximum Gasteiger partial charge on any atom is 0.249 e. The highest BCUT2D eigenvalue weighted by molar-refractivity contribution is 7.09. The number of aromatic nitrogens is 1. The Morgan fingerprint density at radius 1 is 1.55 bits per heavy atom. The lowest BCUT2D eigenvalue weighted by Gasteiger charge is -2.12. The topological polar surface area (TPSA) is 77.2 Å². The van der Waals surface area contributed by atoms with Gasteiger partial charge in [0.25, 0.3) is 0 Å². The van der Waals surface area contributed by atoms with Crippen molar-refractivity contribution < 1.29 is 9.53 Å². The molecule has 0 spiro atoms. The van der Waals surface area contributed by atoms with Crippen LogP contribution in [0.2, 0.25) is 0 Å². The number of hydrogen-bond acceptors (Lipinski definition) is 5. The molecule has 1 fully saturated rings. The number of hydrogen-bond donors (Lipinski definition) is 2. The number of nitrogens with two attached hydrogens (primary N) is 1. The third-order valence-corrected chi connectivity index (χ3v) is 4.47. The third kappa shape index (κ3) is 4.54. The number of carbonyl (C=O) groups is 1. The summed E-state index contributed by atoms with van der Waals surface area (Å²) in [5.41, 5.74) is 6.62. The Balaban J connectivity index is 1.56. The number of rotatable bonds is 7. The molecule has 5 nitrogen and oxygen atoms in total. The molecule has 1 saturated heterocycles. The van der Waals surface area contributed by atoms with E-state index in [0.29, 0.717) is 13.1 Å². The molecule has 1 aromatic heterocycles. The highest BCUT2D eigenvalue weighted by Crippen LogP contribution is 2.18. The monoisotopic (exact) mass is 297 g/mol. The van der Waals surface area contributed by atoms with Crippen LogP contribution in [0.15, 0.2) is 5.38 Å². The maximum absolute atomic E-state index is 11.9. The van der Waals surface area contributed by atoms with Crippen molar-refractivity contribution in [3.05, 3.63) is 16.1 Å². The molecule has 0 radical (unpaired) electrons. The molecule has 0 unspecified atom stereocenters. The Bertz CT molecular complexity index is 436. The number of nitrogens with zero attached hydrogens (tertiary/aromatic N) is 1. The fourth-order valence-corrected chi connectivity index (χ4v) is 3.13. The van der Waals surface area contributed by atoms with Crippen LogP contribution in [-0.4, -0.2) is 36.2 Å². The molecule has 0 saturated carbocycles. The molecule has 1 aliphatic rings. The summed E-state index contributed by atoms with van der Waals surface area (Å²) in [6.07, 6.45) is 4.43. The van der Waals surface area contributed by atoms with Gasteiger partial charge in [0.05, 0.1) is 11.1 Å². The summed E-state index contributed by atoms with van der Waals surface area (Å²) in [5.74, 6) is 0.00560. The van der Waals surface area contributed by atoms with Crippen molar-refractivity contribution in [2.24, 2.45) is 5.73 Å². The zero-order valence-corrected chi connectivity index (χ0v) is 12.7. The number of nitrogens with one attached hydrogen (secondary N) is 1. The molecule has 1 amide bonds. The van der Waals surface area contributed by atoms with Crippen LogP contribution in [-0.2, 0) is 16.0 Å². The second-order valence-electron chi connectivity index (χ2n) is 5.19. The minimum absolute atomic E-state index is 0.00560. The van der Waals surface area contributed by atoms with Gasteiger partial charge in [-0.1, -0.05) is 0 Å². The predicted molar refractivity (Wildman–Crippen MR) is 79.7 cm³/mol. The van der Waals surface area contributed by atoms with E-state index < -0.39 is 0 Å². The van der Waals surface area contributed by atoms with E-state index in [9.17, 15) is 4.79 Å². The molecular weight excluding hydrogens is 274 g/mol. The van der Waals surface area contributed by atoms with Crippen molar-refractivity contribution >= 4 is 17.2 Å². The second-order valence-corrected chi connectivity index (χ2v) is 6.13. The zero-order chi connectivity index (χ0) is 14.4. The first-order chi connectivity index (χ1) is 9.69. The minimum atomic E-state index is -0.301. The van der Waals surface area contributed by atoms with Crippen molar-refractivity contribution in [2.75, 3.05) is 13.1 Å². The molecule has 1 aliphatic heterocycles. The van der Waals surface area contributed by atoms with Gasteiger partial charge in [0.1, 0.15) is 6.10 Å². The van der Waals surface area contributed by atoms with Gasteiger partial charge >= 0.3 is 0 Å². The summed E-state index contributed by atoms with van der Waals surface area (Å²) in [6, 6.07) is 0. The fourth-order valence-electron chi connectivity index (χ4n) is 2.32. The summed E-state index contributed by atoms with van der Waals surface area (Å²) in [5, 5.41) is 6.19. The zero-order valence-electron chi connectivity index (χ0n) is 11.9. The van der Waals surface area contributed by atoms with Gasteiger partial charge in [0.15, 0.2) is 0 Å². The van der Waals surface area contributed by atoms with Crippen LogP contribution in [0.25, 0.3) is 0 Å². The van der Waals surface area contributed by atoms with Crippen LogP contribution in [0.1, 0.15) is 36.4 Å². The molecule has 20 heavy (non-hydrogen) atoms. The number of unbranched alkanes of at least 4 members (excludes halogenated alkanes) is 1. The lowest BCUT2D eigenvalue weighted by atomic mass is 10.2. The Kier molecular flexibility index (Phi) is 5.94. The molecule has 2 heterocycles. The van der Waals surface area contributed by atoms with Crippen LogP contribution < -0.4 is 11.1 Å². The highest BCUT2D eigenvalue weighted by Gasteiger charge is 2.29. The number of thiazole rings is 1. The first-order valence-corrected chi connectivity index (χ1v) is 8.11. The van der Waals surface area contributed by atoms with E-state index in [-0.39, 0.29) is 18.1 Å². The molecule has 112 valence electrons. The summed E-state index contributed by atoms with van der Waals surface area (Å²) >= 11 is 1.71. The SMILES string of the molecule is Cc1csc(CCCCNC(=O)[C@@H]2CC[C@H](CN)O2)n1. The maximum atomic E-state index is 11.9. The van der Waals surface area contributed by atoms with Crippen LogP contribution in [0, 0.1) is 6.92 Å². The predicted octanol–water partition coefficient (Wildman–Crippen LogP) is 1.40.